The SMILES string of the molecule is CC(C)CC1C(=O)Nc2cc(C(=O)NCCN)ccc2N1C(=O)OCc1ccccc1. The number of nitrogens with zero attached hydrogens (tertiary/aromatic N) is 1. The minimum absolute atomic E-state index is 0.0983. The van der Waals surface area contributed by atoms with Crippen molar-refractivity contribution in [3.8, 4) is 0 Å². The lowest BCUT2D eigenvalue weighted by Gasteiger charge is -2.36. The molecule has 1 aliphatic rings. The van der Waals surface area contributed by atoms with E-state index in [-0.39, 0.29) is 24.3 Å². The highest BCUT2D eigenvalue weighted by Crippen LogP contribution is 2.35. The van der Waals surface area contributed by atoms with E-state index in [4.69, 9.17) is 10.5 Å². The molecular formula is C23H28N4O4. The van der Waals surface area contributed by atoms with Gasteiger partial charge in [0.25, 0.3) is 5.91 Å². The number of carbonyl (C=O) groups excluding carboxylic acids is 3. The predicted molar refractivity (Wildman–Crippen MR) is 119 cm³/mol. The fourth-order valence-electron chi connectivity index (χ4n) is 3.45. The number of ether oxygens (including phenoxy) is 1. The maximum absolute atomic E-state index is 13.1. The zero-order valence-corrected chi connectivity index (χ0v) is 17.8. The number of rotatable bonds is 7. The zero-order valence-electron chi connectivity index (χ0n) is 17.8. The Morgan fingerprint density at radius 3 is 2.61 bits per heavy atom. The Balaban J connectivity index is 1.89. The normalized spacial score (nSPS) is 15.3. The molecule has 0 aromatic heterocycles. The summed E-state index contributed by atoms with van der Waals surface area (Å²) in [5.74, 6) is -0.426. The molecule has 4 N–H and O–H groups in total. The van der Waals surface area contributed by atoms with Crippen LogP contribution in [0, 0.1) is 5.92 Å². The van der Waals surface area contributed by atoms with E-state index in [9.17, 15) is 14.4 Å². The first-order valence-corrected chi connectivity index (χ1v) is 10.3. The second-order valence-electron chi connectivity index (χ2n) is 7.82. The maximum atomic E-state index is 13.1. The summed E-state index contributed by atoms with van der Waals surface area (Å²) in [5.41, 5.74) is 7.54. The third kappa shape index (κ3) is 5.40. The number of anilines is 2. The number of hydrogen-bond acceptors (Lipinski definition) is 5. The van der Waals surface area contributed by atoms with Crippen molar-refractivity contribution >= 4 is 29.3 Å². The zero-order chi connectivity index (χ0) is 22.4. The van der Waals surface area contributed by atoms with E-state index in [0.29, 0.717) is 36.4 Å². The van der Waals surface area contributed by atoms with Crippen molar-refractivity contribution in [3.05, 3.63) is 59.7 Å². The van der Waals surface area contributed by atoms with Crippen LogP contribution < -0.4 is 21.3 Å². The van der Waals surface area contributed by atoms with Crippen LogP contribution in [0.1, 0.15) is 36.2 Å². The summed E-state index contributed by atoms with van der Waals surface area (Å²) in [7, 11) is 0. The molecule has 0 saturated carbocycles. The predicted octanol–water partition coefficient (Wildman–Crippen LogP) is 2.89. The molecule has 0 radical (unpaired) electrons. The lowest BCUT2D eigenvalue weighted by atomic mass is 9.98. The Kier molecular flexibility index (Phi) is 7.25. The average molecular weight is 425 g/mol. The third-order valence-electron chi connectivity index (χ3n) is 4.92. The molecule has 2 aromatic carbocycles. The summed E-state index contributed by atoms with van der Waals surface area (Å²) >= 11 is 0. The summed E-state index contributed by atoms with van der Waals surface area (Å²) < 4.78 is 5.53. The first-order valence-electron chi connectivity index (χ1n) is 10.3. The fourth-order valence-corrected chi connectivity index (χ4v) is 3.45. The van der Waals surface area contributed by atoms with Crippen LogP contribution >= 0.6 is 0 Å². The molecule has 3 rings (SSSR count). The quantitative estimate of drug-likeness (QED) is 0.632. The molecule has 164 valence electrons. The number of nitrogens with two attached hydrogens (primary N) is 1. The summed E-state index contributed by atoms with van der Waals surface area (Å²) in [5, 5.41) is 5.52. The van der Waals surface area contributed by atoms with E-state index in [2.05, 4.69) is 10.6 Å². The van der Waals surface area contributed by atoms with Gasteiger partial charge >= 0.3 is 6.09 Å². The van der Waals surface area contributed by atoms with Crippen LogP contribution in [0.3, 0.4) is 0 Å². The number of amides is 3. The third-order valence-corrected chi connectivity index (χ3v) is 4.92. The van der Waals surface area contributed by atoms with Gasteiger partial charge in [0.15, 0.2) is 0 Å². The second kappa shape index (κ2) is 10.1. The van der Waals surface area contributed by atoms with Gasteiger partial charge in [0.1, 0.15) is 12.6 Å². The molecule has 2 aromatic rings. The van der Waals surface area contributed by atoms with Crippen molar-refractivity contribution in [3.63, 3.8) is 0 Å². The van der Waals surface area contributed by atoms with Gasteiger partial charge in [0, 0.05) is 18.7 Å². The summed E-state index contributed by atoms with van der Waals surface area (Å²) in [6, 6.07) is 13.5. The van der Waals surface area contributed by atoms with Gasteiger partial charge in [0.05, 0.1) is 11.4 Å². The van der Waals surface area contributed by atoms with Gasteiger partial charge in [0.2, 0.25) is 5.91 Å². The van der Waals surface area contributed by atoms with E-state index < -0.39 is 12.1 Å². The second-order valence-corrected chi connectivity index (χ2v) is 7.82. The van der Waals surface area contributed by atoms with Crippen molar-refractivity contribution < 1.29 is 19.1 Å². The minimum Gasteiger partial charge on any atom is -0.444 e. The molecule has 0 fully saturated rings. The highest BCUT2D eigenvalue weighted by Gasteiger charge is 2.38. The van der Waals surface area contributed by atoms with Crippen LogP contribution in [0.4, 0.5) is 16.2 Å². The number of fused-ring (bicyclic) bond motifs is 1. The molecule has 8 heteroatoms. The van der Waals surface area contributed by atoms with Gasteiger partial charge in [-0.1, -0.05) is 44.2 Å². The van der Waals surface area contributed by atoms with Gasteiger partial charge in [-0.15, -0.1) is 0 Å². The lowest BCUT2D eigenvalue weighted by molar-refractivity contribution is -0.118. The van der Waals surface area contributed by atoms with Crippen molar-refractivity contribution in [1.29, 1.82) is 0 Å². The number of carbonyl (C=O) groups is 3. The molecule has 1 unspecified atom stereocenters. The molecule has 0 saturated heterocycles. The summed E-state index contributed by atoms with van der Waals surface area (Å²) in [6.45, 7) is 4.74. The first kappa shape index (κ1) is 22.3. The summed E-state index contributed by atoms with van der Waals surface area (Å²) in [6.07, 6.45) is -0.129. The maximum Gasteiger partial charge on any atom is 0.415 e. The standard InChI is InChI=1S/C23H28N4O4/c1-15(2)12-20-22(29)26-18-13-17(21(28)25-11-10-24)8-9-19(18)27(20)23(30)31-14-16-6-4-3-5-7-16/h3-9,13,15,20H,10-12,14,24H2,1-2H3,(H,25,28)(H,26,29). The molecule has 31 heavy (non-hydrogen) atoms. The van der Waals surface area contributed by atoms with Gasteiger partial charge in [-0.25, -0.2) is 4.79 Å². The van der Waals surface area contributed by atoms with Gasteiger partial charge in [-0.2, -0.15) is 0 Å². The van der Waals surface area contributed by atoms with E-state index >= 15 is 0 Å². The molecule has 8 nitrogen and oxygen atoms in total. The van der Waals surface area contributed by atoms with Crippen LogP contribution in [0.15, 0.2) is 48.5 Å². The van der Waals surface area contributed by atoms with Crippen LogP contribution in [-0.2, 0) is 16.1 Å². The highest BCUT2D eigenvalue weighted by molar-refractivity contribution is 6.11. The Labute approximate surface area is 181 Å². The van der Waals surface area contributed by atoms with E-state index in [1.165, 1.54) is 4.90 Å². The molecule has 0 aliphatic carbocycles. The van der Waals surface area contributed by atoms with E-state index in [0.717, 1.165) is 5.56 Å². The monoisotopic (exact) mass is 424 g/mol. The van der Waals surface area contributed by atoms with Crippen LogP contribution in [-0.4, -0.2) is 37.0 Å². The largest absolute Gasteiger partial charge is 0.444 e. The van der Waals surface area contributed by atoms with E-state index in [1.807, 2.05) is 44.2 Å². The Bertz CT molecular complexity index is 946. The molecule has 3 amide bonds. The fraction of sp³-hybridized carbons (Fsp3) is 0.348. The average Bonchev–Trinajstić information content (AvgIpc) is 2.76. The van der Waals surface area contributed by atoms with E-state index in [1.54, 1.807) is 18.2 Å². The molecule has 1 heterocycles. The Morgan fingerprint density at radius 2 is 1.94 bits per heavy atom. The van der Waals surface area contributed by atoms with Gasteiger partial charge in [-0.3, -0.25) is 14.5 Å². The smallest absolute Gasteiger partial charge is 0.415 e. The summed E-state index contributed by atoms with van der Waals surface area (Å²) in [4.78, 5) is 39.6. The van der Waals surface area contributed by atoms with Crippen molar-refractivity contribution in [1.82, 2.24) is 5.32 Å². The van der Waals surface area contributed by atoms with Crippen molar-refractivity contribution in [2.45, 2.75) is 32.9 Å². The molecule has 1 aliphatic heterocycles. The van der Waals surface area contributed by atoms with Crippen LogP contribution in [0.5, 0.6) is 0 Å². The van der Waals surface area contributed by atoms with Crippen molar-refractivity contribution in [2.24, 2.45) is 11.7 Å². The molecular weight excluding hydrogens is 396 g/mol. The first-order chi connectivity index (χ1) is 14.9. The van der Waals surface area contributed by atoms with Gasteiger partial charge in [-0.05, 0) is 36.1 Å². The minimum atomic E-state index is -0.701. The lowest BCUT2D eigenvalue weighted by Crippen LogP contribution is -2.51. The molecule has 0 spiro atoms. The Morgan fingerprint density at radius 1 is 1.19 bits per heavy atom. The number of nitrogens with one attached hydrogen (secondary N) is 2. The number of hydrogen-bond donors (Lipinski definition) is 3. The van der Waals surface area contributed by atoms with Crippen LogP contribution in [0.25, 0.3) is 0 Å². The Hall–Kier alpha value is -3.39. The molecule has 0 bridgehead atoms. The van der Waals surface area contributed by atoms with Crippen LogP contribution in [0.2, 0.25) is 0 Å². The number of benzene rings is 2. The highest BCUT2D eigenvalue weighted by atomic mass is 16.6. The topological polar surface area (TPSA) is 114 Å². The van der Waals surface area contributed by atoms with Crippen molar-refractivity contribution in [2.75, 3.05) is 23.3 Å². The van der Waals surface area contributed by atoms with Gasteiger partial charge < -0.3 is 21.1 Å². The molecule has 1 atom stereocenters.